The Labute approximate surface area is 139 Å². The van der Waals surface area contributed by atoms with Crippen molar-refractivity contribution in [1.82, 2.24) is 0 Å². The fraction of sp³-hybridized carbons (Fsp3) is 0.400. The van der Waals surface area contributed by atoms with Crippen LogP contribution < -0.4 is 14.8 Å². The molecule has 0 radical (unpaired) electrons. The highest BCUT2D eigenvalue weighted by Crippen LogP contribution is 2.17. The average Bonchev–Trinajstić information content (AvgIpc) is 2.60. The third kappa shape index (κ3) is 7.09. The summed E-state index contributed by atoms with van der Waals surface area (Å²) in [6.45, 7) is 4.32. The summed E-state index contributed by atoms with van der Waals surface area (Å²) >= 11 is 0. The molecule has 23 heavy (non-hydrogen) atoms. The molecular weight excluding hydrogens is 286 g/mol. The van der Waals surface area contributed by atoms with E-state index in [-0.39, 0.29) is 0 Å². The minimum absolute atomic E-state index is 0.537. The molecule has 2 aromatic rings. The van der Waals surface area contributed by atoms with Gasteiger partial charge in [-0.25, -0.2) is 0 Å². The molecule has 124 valence electrons. The summed E-state index contributed by atoms with van der Waals surface area (Å²) in [6.07, 6.45) is 5.08. The maximum absolute atomic E-state index is 5.75. The normalized spacial score (nSPS) is 10.3. The van der Waals surface area contributed by atoms with Crippen molar-refractivity contribution in [3.05, 3.63) is 54.6 Å². The lowest BCUT2D eigenvalue weighted by Gasteiger charge is -2.10. The highest BCUT2D eigenvalue weighted by Gasteiger charge is 1.98. The van der Waals surface area contributed by atoms with E-state index in [4.69, 9.17) is 9.47 Å². The summed E-state index contributed by atoms with van der Waals surface area (Å²) in [6, 6.07) is 17.9. The molecule has 1 N–H and O–H groups in total. The molecule has 0 saturated heterocycles. The van der Waals surface area contributed by atoms with Gasteiger partial charge in [-0.2, -0.15) is 0 Å². The molecule has 0 amide bonds. The fourth-order valence-electron chi connectivity index (χ4n) is 2.32. The maximum Gasteiger partial charge on any atom is 0.122 e. The Kier molecular flexibility index (Phi) is 7.89. The van der Waals surface area contributed by atoms with Crippen molar-refractivity contribution in [3.8, 4) is 11.5 Å². The molecule has 0 fully saturated rings. The first-order chi connectivity index (χ1) is 11.4. The van der Waals surface area contributed by atoms with E-state index in [1.54, 1.807) is 0 Å². The van der Waals surface area contributed by atoms with Crippen LogP contribution in [0, 0.1) is 0 Å². The van der Waals surface area contributed by atoms with Crippen LogP contribution in [0.15, 0.2) is 54.6 Å². The molecule has 0 bridgehead atoms. The highest BCUT2D eigenvalue weighted by atomic mass is 16.5. The number of rotatable bonds is 11. The van der Waals surface area contributed by atoms with Gasteiger partial charge in [0.2, 0.25) is 0 Å². The van der Waals surface area contributed by atoms with Crippen LogP contribution in [-0.2, 0) is 0 Å². The fourth-order valence-corrected chi connectivity index (χ4v) is 2.32. The molecule has 0 aliphatic rings. The van der Waals surface area contributed by atoms with Crippen molar-refractivity contribution in [2.45, 2.75) is 32.6 Å². The second kappa shape index (κ2) is 10.5. The second-order valence-electron chi connectivity index (χ2n) is 5.53. The minimum atomic E-state index is 0.537. The van der Waals surface area contributed by atoms with Crippen LogP contribution in [0.2, 0.25) is 0 Å². The van der Waals surface area contributed by atoms with E-state index in [1.807, 2.05) is 48.5 Å². The standard InChI is InChI=1S/C20H27NO2/c1-2-3-4-8-14-21-18-10-9-13-20(17-18)23-16-15-22-19-11-6-5-7-12-19/h5-7,9-13,17,21H,2-4,8,14-16H2,1H3. The van der Waals surface area contributed by atoms with Crippen LogP contribution in [0.25, 0.3) is 0 Å². The van der Waals surface area contributed by atoms with E-state index in [2.05, 4.69) is 18.3 Å². The smallest absolute Gasteiger partial charge is 0.122 e. The Balaban J connectivity index is 1.66. The van der Waals surface area contributed by atoms with E-state index in [0.717, 1.165) is 23.7 Å². The van der Waals surface area contributed by atoms with E-state index in [0.29, 0.717) is 13.2 Å². The van der Waals surface area contributed by atoms with Gasteiger partial charge in [0.25, 0.3) is 0 Å². The van der Waals surface area contributed by atoms with Crippen molar-refractivity contribution in [2.75, 3.05) is 25.1 Å². The second-order valence-corrected chi connectivity index (χ2v) is 5.53. The van der Waals surface area contributed by atoms with E-state index in [1.165, 1.54) is 25.7 Å². The Morgan fingerprint density at radius 3 is 2.30 bits per heavy atom. The Hall–Kier alpha value is -2.16. The molecule has 0 aromatic heterocycles. The molecule has 0 heterocycles. The van der Waals surface area contributed by atoms with Crippen molar-refractivity contribution in [3.63, 3.8) is 0 Å². The molecule has 0 spiro atoms. The summed E-state index contributed by atoms with van der Waals surface area (Å²) in [5.74, 6) is 1.75. The van der Waals surface area contributed by atoms with E-state index in [9.17, 15) is 0 Å². The van der Waals surface area contributed by atoms with Crippen molar-refractivity contribution in [1.29, 1.82) is 0 Å². The van der Waals surface area contributed by atoms with Gasteiger partial charge in [0, 0.05) is 18.3 Å². The maximum atomic E-state index is 5.75. The number of hydrogen-bond donors (Lipinski definition) is 1. The number of benzene rings is 2. The largest absolute Gasteiger partial charge is 0.490 e. The number of nitrogens with one attached hydrogen (secondary N) is 1. The third-order valence-corrected chi connectivity index (χ3v) is 3.56. The Morgan fingerprint density at radius 1 is 0.783 bits per heavy atom. The molecule has 0 unspecified atom stereocenters. The SMILES string of the molecule is CCCCCCNc1cccc(OCCOc2ccccc2)c1. The Morgan fingerprint density at radius 2 is 1.52 bits per heavy atom. The van der Waals surface area contributed by atoms with Gasteiger partial charge in [0.15, 0.2) is 0 Å². The molecular formula is C20H27NO2. The summed E-state index contributed by atoms with van der Waals surface area (Å²) in [4.78, 5) is 0. The van der Waals surface area contributed by atoms with Crippen molar-refractivity contribution < 1.29 is 9.47 Å². The van der Waals surface area contributed by atoms with Gasteiger partial charge < -0.3 is 14.8 Å². The van der Waals surface area contributed by atoms with Crippen LogP contribution in [0.3, 0.4) is 0 Å². The van der Waals surface area contributed by atoms with Crippen LogP contribution in [0.5, 0.6) is 11.5 Å². The molecule has 2 rings (SSSR count). The summed E-state index contributed by atoms with van der Waals surface area (Å²) in [5.41, 5.74) is 1.11. The van der Waals surface area contributed by atoms with Gasteiger partial charge >= 0.3 is 0 Å². The lowest BCUT2D eigenvalue weighted by Crippen LogP contribution is -2.09. The first-order valence-electron chi connectivity index (χ1n) is 8.53. The molecule has 2 aromatic carbocycles. The summed E-state index contributed by atoms with van der Waals surface area (Å²) in [7, 11) is 0. The molecule has 0 atom stereocenters. The van der Waals surface area contributed by atoms with Crippen LogP contribution in [0.1, 0.15) is 32.6 Å². The van der Waals surface area contributed by atoms with Gasteiger partial charge in [-0.05, 0) is 30.7 Å². The first-order valence-corrected chi connectivity index (χ1v) is 8.53. The van der Waals surface area contributed by atoms with Crippen LogP contribution in [-0.4, -0.2) is 19.8 Å². The first kappa shape index (κ1) is 17.2. The zero-order valence-corrected chi connectivity index (χ0v) is 14.0. The lowest BCUT2D eigenvalue weighted by atomic mass is 10.2. The molecule has 0 saturated carbocycles. The zero-order chi connectivity index (χ0) is 16.2. The van der Waals surface area contributed by atoms with Crippen molar-refractivity contribution in [2.24, 2.45) is 0 Å². The van der Waals surface area contributed by atoms with Crippen molar-refractivity contribution >= 4 is 5.69 Å². The summed E-state index contributed by atoms with van der Waals surface area (Å²) < 4.78 is 11.4. The topological polar surface area (TPSA) is 30.5 Å². The molecule has 0 aliphatic heterocycles. The number of ether oxygens (including phenoxy) is 2. The monoisotopic (exact) mass is 313 g/mol. The van der Waals surface area contributed by atoms with Gasteiger partial charge in [0.05, 0.1) is 0 Å². The van der Waals surface area contributed by atoms with Gasteiger partial charge in [-0.3, -0.25) is 0 Å². The average molecular weight is 313 g/mol. The van der Waals surface area contributed by atoms with E-state index >= 15 is 0 Å². The number of unbranched alkanes of at least 4 members (excludes halogenated alkanes) is 3. The predicted octanol–water partition coefficient (Wildman–Crippen LogP) is 5.14. The number of para-hydroxylation sites is 1. The minimum Gasteiger partial charge on any atom is -0.490 e. The lowest BCUT2D eigenvalue weighted by molar-refractivity contribution is 0.217. The van der Waals surface area contributed by atoms with Gasteiger partial charge in [-0.15, -0.1) is 0 Å². The highest BCUT2D eigenvalue weighted by molar-refractivity contribution is 5.48. The molecule has 0 aliphatic carbocycles. The Bertz CT molecular complexity index is 542. The number of anilines is 1. The van der Waals surface area contributed by atoms with E-state index < -0.39 is 0 Å². The van der Waals surface area contributed by atoms with Gasteiger partial charge in [-0.1, -0.05) is 50.5 Å². The van der Waals surface area contributed by atoms with Gasteiger partial charge in [0.1, 0.15) is 24.7 Å². The molecule has 3 heteroatoms. The molecule has 3 nitrogen and oxygen atoms in total. The number of hydrogen-bond acceptors (Lipinski definition) is 3. The van der Waals surface area contributed by atoms with Crippen LogP contribution >= 0.6 is 0 Å². The zero-order valence-electron chi connectivity index (χ0n) is 14.0. The third-order valence-electron chi connectivity index (χ3n) is 3.56. The van der Waals surface area contributed by atoms with Crippen LogP contribution in [0.4, 0.5) is 5.69 Å². The predicted molar refractivity (Wildman–Crippen MR) is 96.5 cm³/mol. The summed E-state index contributed by atoms with van der Waals surface area (Å²) in [5, 5.41) is 3.45. The quantitative estimate of drug-likeness (QED) is 0.583.